The molecule has 0 bridgehead atoms. The summed E-state index contributed by atoms with van der Waals surface area (Å²) in [6, 6.07) is 21.7. The Morgan fingerprint density at radius 2 is 1.56 bits per heavy atom. The van der Waals surface area contributed by atoms with E-state index in [1.807, 2.05) is 36.4 Å². The van der Waals surface area contributed by atoms with Crippen LogP contribution in [-0.4, -0.2) is 22.6 Å². The zero-order valence-corrected chi connectivity index (χ0v) is 16.0. The molecule has 6 heteroatoms. The van der Waals surface area contributed by atoms with Gasteiger partial charge >= 0.3 is 0 Å². The van der Waals surface area contributed by atoms with Crippen LogP contribution < -0.4 is 14.2 Å². The molecular formula is C21H21NO4S. The molecule has 0 heterocycles. The van der Waals surface area contributed by atoms with Gasteiger partial charge in [-0.1, -0.05) is 54.6 Å². The molecule has 0 saturated carbocycles. The van der Waals surface area contributed by atoms with Crippen LogP contribution in [0, 0.1) is 0 Å². The van der Waals surface area contributed by atoms with Crippen molar-refractivity contribution in [2.75, 3.05) is 14.2 Å². The lowest BCUT2D eigenvalue weighted by Crippen LogP contribution is -2.24. The molecule has 0 amide bonds. The summed E-state index contributed by atoms with van der Waals surface area (Å²) in [5.41, 5.74) is 2.23. The molecule has 0 unspecified atom stereocenters. The Bertz CT molecular complexity index is 1020. The predicted octanol–water partition coefficient (Wildman–Crippen LogP) is 3.85. The van der Waals surface area contributed by atoms with Crippen LogP contribution in [0.2, 0.25) is 0 Å². The predicted molar refractivity (Wildman–Crippen MR) is 105 cm³/mol. The molecule has 0 saturated heterocycles. The number of ether oxygens (including phenoxy) is 2. The number of methoxy groups -OCH3 is 2. The van der Waals surface area contributed by atoms with Crippen molar-refractivity contribution in [3.8, 4) is 22.6 Å². The lowest BCUT2D eigenvalue weighted by molar-refractivity contribution is 0.390. The molecule has 3 aromatic rings. The molecule has 0 spiro atoms. The Labute approximate surface area is 159 Å². The van der Waals surface area contributed by atoms with Crippen molar-refractivity contribution < 1.29 is 17.9 Å². The van der Waals surface area contributed by atoms with Crippen molar-refractivity contribution in [1.29, 1.82) is 0 Å². The van der Waals surface area contributed by atoms with Gasteiger partial charge in [0.2, 0.25) is 10.0 Å². The number of sulfonamides is 1. The van der Waals surface area contributed by atoms with Crippen LogP contribution >= 0.6 is 0 Å². The molecule has 0 aliphatic carbocycles. The highest BCUT2D eigenvalue weighted by Gasteiger charge is 2.19. The molecule has 0 radical (unpaired) electrons. The average Bonchev–Trinajstić information content (AvgIpc) is 2.72. The van der Waals surface area contributed by atoms with Gasteiger partial charge in [0.05, 0.1) is 19.1 Å². The van der Waals surface area contributed by atoms with Gasteiger partial charge in [-0.15, -0.1) is 0 Å². The summed E-state index contributed by atoms with van der Waals surface area (Å²) < 4.78 is 39.1. The molecule has 140 valence electrons. The van der Waals surface area contributed by atoms with Crippen LogP contribution in [-0.2, 0) is 16.6 Å². The third kappa shape index (κ3) is 4.30. The summed E-state index contributed by atoms with van der Waals surface area (Å²) in [6.07, 6.45) is 0. The Kier molecular flexibility index (Phi) is 5.78. The highest BCUT2D eigenvalue weighted by molar-refractivity contribution is 7.89. The Hall–Kier alpha value is -2.83. The van der Waals surface area contributed by atoms with Crippen LogP contribution in [0.1, 0.15) is 5.56 Å². The van der Waals surface area contributed by atoms with Gasteiger partial charge in [-0.2, -0.15) is 0 Å². The van der Waals surface area contributed by atoms with E-state index in [0.29, 0.717) is 17.1 Å². The van der Waals surface area contributed by atoms with E-state index in [1.54, 1.807) is 43.5 Å². The highest BCUT2D eigenvalue weighted by atomic mass is 32.2. The monoisotopic (exact) mass is 383 g/mol. The zero-order valence-electron chi connectivity index (χ0n) is 15.2. The van der Waals surface area contributed by atoms with E-state index in [0.717, 1.165) is 11.1 Å². The maximum absolute atomic E-state index is 12.9. The third-order valence-corrected chi connectivity index (χ3v) is 5.67. The van der Waals surface area contributed by atoms with Crippen molar-refractivity contribution in [3.63, 3.8) is 0 Å². The molecule has 5 nitrogen and oxygen atoms in total. The second-order valence-electron chi connectivity index (χ2n) is 5.86. The van der Waals surface area contributed by atoms with E-state index in [-0.39, 0.29) is 11.4 Å². The van der Waals surface area contributed by atoms with Crippen LogP contribution in [0.4, 0.5) is 0 Å². The number of nitrogens with one attached hydrogen (secondary N) is 1. The second kappa shape index (κ2) is 8.24. The SMILES string of the molecule is COc1ccc(CNS(=O)(=O)c2ccccc2-c2ccccc2)c(OC)c1. The van der Waals surface area contributed by atoms with Crippen molar-refractivity contribution in [2.45, 2.75) is 11.4 Å². The van der Waals surface area contributed by atoms with Crippen LogP contribution in [0.15, 0.2) is 77.7 Å². The average molecular weight is 383 g/mol. The maximum Gasteiger partial charge on any atom is 0.241 e. The summed E-state index contributed by atoms with van der Waals surface area (Å²) in [5.74, 6) is 1.21. The van der Waals surface area contributed by atoms with Gasteiger partial charge < -0.3 is 9.47 Å². The van der Waals surface area contributed by atoms with E-state index in [1.165, 1.54) is 7.11 Å². The van der Waals surface area contributed by atoms with Crippen molar-refractivity contribution >= 4 is 10.0 Å². The van der Waals surface area contributed by atoms with Crippen molar-refractivity contribution in [1.82, 2.24) is 4.72 Å². The fourth-order valence-electron chi connectivity index (χ4n) is 2.81. The highest BCUT2D eigenvalue weighted by Crippen LogP contribution is 2.28. The van der Waals surface area contributed by atoms with Gasteiger partial charge in [0.1, 0.15) is 11.5 Å². The minimum absolute atomic E-state index is 0.110. The van der Waals surface area contributed by atoms with Crippen molar-refractivity contribution in [3.05, 3.63) is 78.4 Å². The van der Waals surface area contributed by atoms with Gasteiger partial charge in [-0.3, -0.25) is 0 Å². The standard InChI is InChI=1S/C21H21NO4S/c1-25-18-13-12-17(20(14-18)26-2)15-22-27(23,24)21-11-7-6-10-19(21)16-8-4-3-5-9-16/h3-14,22H,15H2,1-2H3. The topological polar surface area (TPSA) is 64.6 Å². The van der Waals surface area contributed by atoms with Crippen LogP contribution in [0.25, 0.3) is 11.1 Å². The summed E-state index contributed by atoms with van der Waals surface area (Å²) in [4.78, 5) is 0.240. The summed E-state index contributed by atoms with van der Waals surface area (Å²) in [6.45, 7) is 0.110. The Morgan fingerprint density at radius 1 is 0.852 bits per heavy atom. The summed E-state index contributed by atoms with van der Waals surface area (Å²) >= 11 is 0. The lowest BCUT2D eigenvalue weighted by atomic mass is 10.1. The zero-order chi connectivity index (χ0) is 19.3. The summed E-state index contributed by atoms with van der Waals surface area (Å²) in [5, 5.41) is 0. The number of benzene rings is 3. The van der Waals surface area contributed by atoms with E-state index in [4.69, 9.17) is 9.47 Å². The molecule has 3 rings (SSSR count). The first-order chi connectivity index (χ1) is 13.0. The maximum atomic E-state index is 12.9. The van der Waals surface area contributed by atoms with E-state index in [2.05, 4.69) is 4.72 Å². The smallest absolute Gasteiger partial charge is 0.241 e. The van der Waals surface area contributed by atoms with Gasteiger partial charge in [0.15, 0.2) is 0 Å². The fourth-order valence-corrected chi connectivity index (χ4v) is 4.04. The number of rotatable bonds is 7. The molecular weight excluding hydrogens is 362 g/mol. The van der Waals surface area contributed by atoms with E-state index >= 15 is 0 Å². The molecule has 0 fully saturated rings. The van der Waals surface area contributed by atoms with Gasteiger partial charge in [0, 0.05) is 23.7 Å². The third-order valence-electron chi connectivity index (χ3n) is 4.21. The Morgan fingerprint density at radius 3 is 2.26 bits per heavy atom. The molecule has 0 atom stereocenters. The van der Waals surface area contributed by atoms with Gasteiger partial charge in [-0.25, -0.2) is 13.1 Å². The van der Waals surface area contributed by atoms with Crippen molar-refractivity contribution in [2.24, 2.45) is 0 Å². The molecule has 27 heavy (non-hydrogen) atoms. The number of hydrogen-bond acceptors (Lipinski definition) is 4. The minimum atomic E-state index is -3.71. The molecule has 3 aromatic carbocycles. The van der Waals surface area contributed by atoms with Crippen LogP contribution in [0.5, 0.6) is 11.5 Å². The molecule has 0 aliphatic heterocycles. The largest absolute Gasteiger partial charge is 0.497 e. The lowest BCUT2D eigenvalue weighted by Gasteiger charge is -2.14. The number of hydrogen-bond donors (Lipinski definition) is 1. The molecule has 0 aromatic heterocycles. The van der Waals surface area contributed by atoms with E-state index < -0.39 is 10.0 Å². The minimum Gasteiger partial charge on any atom is -0.497 e. The first kappa shape index (κ1) is 18.9. The summed E-state index contributed by atoms with van der Waals surface area (Å²) in [7, 11) is -0.608. The molecule has 1 N–H and O–H groups in total. The second-order valence-corrected chi connectivity index (χ2v) is 7.60. The van der Waals surface area contributed by atoms with Gasteiger partial charge in [0.25, 0.3) is 0 Å². The quantitative estimate of drug-likeness (QED) is 0.673. The first-order valence-electron chi connectivity index (χ1n) is 8.40. The fraction of sp³-hybridized carbons (Fsp3) is 0.143. The van der Waals surface area contributed by atoms with E-state index in [9.17, 15) is 8.42 Å². The Balaban J connectivity index is 1.89. The van der Waals surface area contributed by atoms with Gasteiger partial charge in [-0.05, 0) is 17.7 Å². The normalized spacial score (nSPS) is 11.2. The first-order valence-corrected chi connectivity index (χ1v) is 9.88. The van der Waals surface area contributed by atoms with Crippen LogP contribution in [0.3, 0.4) is 0 Å². The molecule has 0 aliphatic rings.